The molecule has 2 rings (SSSR count). The largest absolute Gasteiger partial charge is 0.462 e. The molecule has 4 unspecified atom stereocenters. The highest BCUT2D eigenvalue weighted by atomic mass is 16.7. The first kappa shape index (κ1) is 57.3. The Morgan fingerprint density at radius 2 is 0.969 bits per heavy atom. The van der Waals surface area contributed by atoms with Crippen molar-refractivity contribution in [2.75, 3.05) is 26.4 Å². The molecule has 2 aliphatic rings. The summed E-state index contributed by atoms with van der Waals surface area (Å²) in [7, 11) is 0. The first-order chi connectivity index (χ1) is 31.0. The molecule has 2 fully saturated rings. The van der Waals surface area contributed by atoms with Crippen LogP contribution < -0.4 is 0 Å². The fraction of sp³-hybridized carbons (Fsp3) is 0.755. The Bertz CT molecular complexity index is 1350. The van der Waals surface area contributed by atoms with Gasteiger partial charge in [0, 0.05) is 12.8 Å². The highest BCUT2D eigenvalue weighted by molar-refractivity contribution is 5.70. The number of aliphatic hydroxyl groups is 7. The van der Waals surface area contributed by atoms with Gasteiger partial charge in [0.05, 0.1) is 19.8 Å². The van der Waals surface area contributed by atoms with Crippen molar-refractivity contribution in [2.24, 2.45) is 0 Å². The SMILES string of the molecule is CCC/C=C/C/C=C/C/C=C/C/C=C/CCCCCC(=O)OC[C@@H](CO[C@@H]1O[C@H](CO[C@@H]2O[C@H](CO)[C@H](O)C(O)C2O)[C@H](O)C(O)C1O)OC(=O)CCCCCCC/C=C/CCCC. The van der Waals surface area contributed by atoms with Gasteiger partial charge in [0.2, 0.25) is 0 Å². The van der Waals surface area contributed by atoms with Crippen LogP contribution in [0.5, 0.6) is 0 Å². The summed E-state index contributed by atoms with van der Waals surface area (Å²) >= 11 is 0. The molecule has 15 heteroatoms. The molecule has 7 N–H and O–H groups in total. The zero-order chi connectivity index (χ0) is 46.8. The van der Waals surface area contributed by atoms with Crippen molar-refractivity contribution in [2.45, 2.75) is 210 Å². The number of carbonyl (C=O) groups is 2. The van der Waals surface area contributed by atoms with Crippen molar-refractivity contribution in [3.8, 4) is 0 Å². The van der Waals surface area contributed by atoms with Gasteiger partial charge in [-0.25, -0.2) is 0 Å². The van der Waals surface area contributed by atoms with Crippen molar-refractivity contribution >= 4 is 11.9 Å². The minimum absolute atomic E-state index is 0.144. The van der Waals surface area contributed by atoms with Crippen LogP contribution in [-0.4, -0.2) is 142 Å². The first-order valence-corrected chi connectivity index (χ1v) is 23.9. The molecule has 2 aliphatic heterocycles. The molecular weight excluding hydrogens is 829 g/mol. The van der Waals surface area contributed by atoms with E-state index in [0.29, 0.717) is 12.8 Å². The van der Waals surface area contributed by atoms with Crippen LogP contribution in [0.2, 0.25) is 0 Å². The number of esters is 2. The van der Waals surface area contributed by atoms with Crippen molar-refractivity contribution in [3.63, 3.8) is 0 Å². The predicted octanol–water partition coefficient (Wildman–Crippen LogP) is 5.70. The summed E-state index contributed by atoms with van der Waals surface area (Å²) in [5.74, 6) is -0.980. The number of hydrogen-bond donors (Lipinski definition) is 7. The molecule has 0 aromatic carbocycles. The van der Waals surface area contributed by atoms with Gasteiger partial charge < -0.3 is 64.2 Å². The molecule has 0 aliphatic carbocycles. The molecule has 0 aromatic rings. The molecule has 2 saturated heterocycles. The van der Waals surface area contributed by atoms with Gasteiger partial charge in [-0.05, 0) is 70.6 Å². The number of aliphatic hydroxyl groups excluding tert-OH is 7. The predicted molar refractivity (Wildman–Crippen MR) is 243 cm³/mol. The summed E-state index contributed by atoms with van der Waals surface area (Å²) in [6.45, 7) is 2.41. The monoisotopic (exact) mass is 911 g/mol. The lowest BCUT2D eigenvalue weighted by molar-refractivity contribution is -0.332. The zero-order valence-electron chi connectivity index (χ0n) is 38.5. The van der Waals surface area contributed by atoms with E-state index < -0.39 is 99.3 Å². The molecule has 15 nitrogen and oxygen atoms in total. The number of carbonyl (C=O) groups excluding carboxylic acids is 2. The topological polar surface area (TPSA) is 231 Å². The van der Waals surface area contributed by atoms with Crippen LogP contribution in [0.15, 0.2) is 60.8 Å². The third-order valence-electron chi connectivity index (χ3n) is 10.9. The summed E-state index contributed by atoms with van der Waals surface area (Å²) < 4.78 is 33.4. The number of hydrogen-bond acceptors (Lipinski definition) is 15. The second-order valence-electron chi connectivity index (χ2n) is 16.6. The number of allylic oxidation sites excluding steroid dienone is 10. The fourth-order valence-electron chi connectivity index (χ4n) is 6.95. The summed E-state index contributed by atoms with van der Waals surface area (Å²) in [5.41, 5.74) is 0. The molecule has 2 heterocycles. The Morgan fingerprint density at radius 1 is 0.500 bits per heavy atom. The number of ether oxygens (including phenoxy) is 6. The van der Waals surface area contributed by atoms with Crippen LogP contribution >= 0.6 is 0 Å². The van der Waals surface area contributed by atoms with Gasteiger partial charge >= 0.3 is 11.9 Å². The molecular formula is C49H82O15. The first-order valence-electron chi connectivity index (χ1n) is 23.9. The lowest BCUT2D eigenvalue weighted by Gasteiger charge is -2.42. The number of unbranched alkanes of at least 4 members (excludes halogenated alkanes) is 11. The quantitative estimate of drug-likeness (QED) is 0.0230. The molecule has 0 radical (unpaired) electrons. The van der Waals surface area contributed by atoms with Gasteiger partial charge in [-0.15, -0.1) is 0 Å². The van der Waals surface area contributed by atoms with Crippen LogP contribution in [-0.2, 0) is 38.0 Å². The van der Waals surface area contributed by atoms with Gasteiger partial charge in [0.25, 0.3) is 0 Å². The van der Waals surface area contributed by atoms with Crippen molar-refractivity contribution in [1.29, 1.82) is 0 Å². The Hall–Kier alpha value is -2.80. The third kappa shape index (κ3) is 24.6. The van der Waals surface area contributed by atoms with E-state index in [1.165, 1.54) is 19.3 Å². The van der Waals surface area contributed by atoms with Gasteiger partial charge in [0.15, 0.2) is 18.7 Å². The molecule has 0 bridgehead atoms. The van der Waals surface area contributed by atoms with Crippen molar-refractivity contribution in [3.05, 3.63) is 60.8 Å². The van der Waals surface area contributed by atoms with Gasteiger partial charge in [-0.2, -0.15) is 0 Å². The second-order valence-corrected chi connectivity index (χ2v) is 16.6. The highest BCUT2D eigenvalue weighted by Crippen LogP contribution is 2.26. The summed E-state index contributed by atoms with van der Waals surface area (Å²) in [5, 5.41) is 71.9. The van der Waals surface area contributed by atoms with E-state index in [1.54, 1.807) is 0 Å². The normalized spacial score (nSPS) is 27.1. The van der Waals surface area contributed by atoms with Crippen LogP contribution in [0.25, 0.3) is 0 Å². The average molecular weight is 911 g/mol. The maximum atomic E-state index is 12.9. The molecule has 0 aromatic heterocycles. The standard InChI is InChI=1S/C49H82O15/c1-3-5-7-9-11-13-15-16-17-18-19-20-22-23-25-27-29-31-40(51)59-34-37(62-41(52)32-30-28-26-24-21-14-12-10-8-6-4-2)35-60-48-47(58)45(56)43(54)39(64-48)36-61-49-46(57)44(55)42(53)38(33-50)63-49/h7,9-10,12-13,15,17-18,20,22,37-39,42-50,53-58H,3-6,8,11,14,16,19,21,23-36H2,1-2H3/b9-7+,12-10+,15-13+,18-17+,22-20+/t37-,38+,39+,42-,43-,44?,45?,46?,47?,48+,49+/m0/s1. The summed E-state index contributed by atoms with van der Waals surface area (Å²) in [4.78, 5) is 25.6. The van der Waals surface area contributed by atoms with Gasteiger partial charge in [-0.1, -0.05) is 120 Å². The van der Waals surface area contributed by atoms with Crippen LogP contribution in [0.1, 0.15) is 142 Å². The number of rotatable bonds is 35. The van der Waals surface area contributed by atoms with Gasteiger partial charge in [0.1, 0.15) is 55.4 Å². The van der Waals surface area contributed by atoms with E-state index in [-0.39, 0.29) is 19.4 Å². The minimum Gasteiger partial charge on any atom is -0.462 e. The van der Waals surface area contributed by atoms with E-state index in [1.807, 2.05) is 0 Å². The van der Waals surface area contributed by atoms with Crippen molar-refractivity contribution in [1.82, 2.24) is 0 Å². The smallest absolute Gasteiger partial charge is 0.306 e. The van der Waals surface area contributed by atoms with Crippen LogP contribution in [0.4, 0.5) is 0 Å². The zero-order valence-corrected chi connectivity index (χ0v) is 38.5. The molecule has 0 spiro atoms. The Balaban J connectivity index is 1.85. The molecule has 11 atom stereocenters. The maximum absolute atomic E-state index is 12.9. The summed E-state index contributed by atoms with van der Waals surface area (Å²) in [6, 6.07) is 0. The second kappa shape index (κ2) is 36.3. The van der Waals surface area contributed by atoms with Crippen LogP contribution in [0, 0.1) is 0 Å². The Labute approximate surface area is 381 Å². The Morgan fingerprint density at radius 3 is 1.56 bits per heavy atom. The molecule has 368 valence electrons. The van der Waals surface area contributed by atoms with E-state index in [0.717, 1.165) is 83.5 Å². The lowest BCUT2D eigenvalue weighted by atomic mass is 9.98. The molecule has 0 saturated carbocycles. The third-order valence-corrected chi connectivity index (χ3v) is 10.9. The Kier molecular flexibility index (Phi) is 32.5. The lowest BCUT2D eigenvalue weighted by Crippen LogP contribution is -2.61. The van der Waals surface area contributed by atoms with E-state index >= 15 is 0 Å². The minimum atomic E-state index is -1.77. The van der Waals surface area contributed by atoms with Crippen LogP contribution in [0.3, 0.4) is 0 Å². The van der Waals surface area contributed by atoms with E-state index in [9.17, 15) is 45.3 Å². The maximum Gasteiger partial charge on any atom is 0.306 e. The van der Waals surface area contributed by atoms with E-state index in [4.69, 9.17) is 28.4 Å². The van der Waals surface area contributed by atoms with Gasteiger partial charge in [-0.3, -0.25) is 9.59 Å². The molecule has 0 amide bonds. The highest BCUT2D eigenvalue weighted by Gasteiger charge is 2.47. The van der Waals surface area contributed by atoms with E-state index in [2.05, 4.69) is 74.6 Å². The average Bonchev–Trinajstić information content (AvgIpc) is 3.29. The fourth-order valence-corrected chi connectivity index (χ4v) is 6.95. The van der Waals surface area contributed by atoms with Crippen molar-refractivity contribution < 1.29 is 73.8 Å². The summed E-state index contributed by atoms with van der Waals surface area (Å²) in [6.07, 6.45) is 22.6. The molecule has 64 heavy (non-hydrogen) atoms.